The van der Waals surface area contributed by atoms with E-state index in [0.29, 0.717) is 37.7 Å². The van der Waals surface area contributed by atoms with Crippen LogP contribution in [0.3, 0.4) is 0 Å². The lowest BCUT2D eigenvalue weighted by molar-refractivity contribution is -0.384. The summed E-state index contributed by atoms with van der Waals surface area (Å²) < 4.78 is 28.5. The predicted molar refractivity (Wildman–Crippen MR) is 118 cm³/mol. The van der Waals surface area contributed by atoms with E-state index >= 15 is 0 Å². The molecule has 2 fully saturated rings. The molecule has 2 aliphatic heterocycles. The second kappa shape index (κ2) is 9.85. The molecule has 0 aliphatic carbocycles. The molecule has 2 heterocycles. The summed E-state index contributed by atoms with van der Waals surface area (Å²) in [7, 11) is -3.16. The highest BCUT2D eigenvalue weighted by molar-refractivity contribution is 7.91. The van der Waals surface area contributed by atoms with Gasteiger partial charge in [0.05, 0.1) is 22.0 Å². The summed E-state index contributed by atoms with van der Waals surface area (Å²) in [6.07, 6.45) is 2.38. The number of hydrogen-bond donors (Lipinski definition) is 0. The number of piperidine rings is 1. The maximum absolute atomic E-state index is 12.5. The van der Waals surface area contributed by atoms with Crippen LogP contribution in [-0.4, -0.2) is 73.9 Å². The van der Waals surface area contributed by atoms with E-state index in [-0.39, 0.29) is 22.8 Å². The van der Waals surface area contributed by atoms with Gasteiger partial charge < -0.3 is 14.5 Å². The van der Waals surface area contributed by atoms with Crippen LogP contribution in [0, 0.1) is 16.0 Å². The molecule has 0 spiro atoms. The Bertz CT molecular complexity index is 995. The number of benzene rings is 1. The van der Waals surface area contributed by atoms with Gasteiger partial charge in [0.1, 0.15) is 5.69 Å². The molecule has 0 saturated carbocycles. The summed E-state index contributed by atoms with van der Waals surface area (Å²) in [5, 5.41) is 11.6. The van der Waals surface area contributed by atoms with E-state index in [1.54, 1.807) is 13.0 Å². The molecule has 1 aromatic carbocycles. The highest BCUT2D eigenvalue weighted by atomic mass is 32.2. The van der Waals surface area contributed by atoms with Gasteiger partial charge in [-0.3, -0.25) is 14.9 Å². The highest BCUT2D eigenvalue weighted by Gasteiger charge is 2.34. The molecular formula is C21H29N3O7S. The van der Waals surface area contributed by atoms with Crippen LogP contribution in [0.5, 0.6) is 0 Å². The average molecular weight is 468 g/mol. The van der Waals surface area contributed by atoms with Crippen LogP contribution in [0.2, 0.25) is 0 Å². The fourth-order valence-corrected chi connectivity index (χ4v) is 6.16. The topological polar surface area (TPSA) is 127 Å². The maximum atomic E-state index is 12.5. The number of nitrogens with zero attached hydrogens (tertiary/aromatic N) is 3. The Hall–Kier alpha value is -2.69. The SMILES string of the molecule is CCN(C(=O)COC(=O)c1ccc(N2CCCC(C)C2)c([N+](=O)[O-])c1)C1CCS(=O)(=O)C1. The Morgan fingerprint density at radius 2 is 2.06 bits per heavy atom. The van der Waals surface area contributed by atoms with Gasteiger partial charge in [0.15, 0.2) is 16.4 Å². The summed E-state index contributed by atoms with van der Waals surface area (Å²) in [6, 6.07) is 3.78. The largest absolute Gasteiger partial charge is 0.452 e. The zero-order valence-electron chi connectivity index (χ0n) is 18.4. The summed E-state index contributed by atoms with van der Waals surface area (Å²) >= 11 is 0. The van der Waals surface area contributed by atoms with Crippen molar-refractivity contribution in [3.05, 3.63) is 33.9 Å². The van der Waals surface area contributed by atoms with E-state index < -0.39 is 39.3 Å². The lowest BCUT2D eigenvalue weighted by Gasteiger charge is -2.32. The van der Waals surface area contributed by atoms with Crippen molar-refractivity contribution < 1.29 is 27.7 Å². The molecule has 176 valence electrons. The van der Waals surface area contributed by atoms with E-state index in [1.807, 2.05) is 4.90 Å². The summed E-state index contributed by atoms with van der Waals surface area (Å²) in [5.74, 6) is -0.960. The van der Waals surface area contributed by atoms with Gasteiger partial charge in [-0.2, -0.15) is 0 Å². The molecule has 3 rings (SSSR count). The highest BCUT2D eigenvalue weighted by Crippen LogP contribution is 2.32. The number of carbonyl (C=O) groups is 2. The standard InChI is InChI=1S/C21H29N3O7S/c1-3-23(17-8-10-32(29,30)14-17)20(25)13-31-21(26)16-6-7-18(19(11-16)24(27)28)22-9-4-5-15(2)12-22/h6-7,11,15,17H,3-5,8-10,12-14H2,1-2H3. The van der Waals surface area contributed by atoms with Gasteiger partial charge in [0, 0.05) is 31.7 Å². The smallest absolute Gasteiger partial charge is 0.338 e. The van der Waals surface area contributed by atoms with Crippen molar-refractivity contribution in [2.45, 2.75) is 39.2 Å². The predicted octanol–water partition coefficient (Wildman–Crippen LogP) is 2.02. The first-order valence-electron chi connectivity index (χ1n) is 10.8. The van der Waals surface area contributed by atoms with Gasteiger partial charge in [-0.1, -0.05) is 6.92 Å². The van der Waals surface area contributed by atoms with Gasteiger partial charge in [-0.15, -0.1) is 0 Å². The lowest BCUT2D eigenvalue weighted by atomic mass is 9.99. The summed E-state index contributed by atoms with van der Waals surface area (Å²) in [5.41, 5.74) is 0.282. The molecule has 10 nitrogen and oxygen atoms in total. The zero-order chi connectivity index (χ0) is 23.5. The minimum absolute atomic E-state index is 0.00944. The van der Waals surface area contributed by atoms with Crippen LogP contribution in [-0.2, 0) is 19.4 Å². The van der Waals surface area contributed by atoms with Crippen molar-refractivity contribution in [3.63, 3.8) is 0 Å². The first kappa shape index (κ1) is 24.0. The number of rotatable bonds is 7. The summed E-state index contributed by atoms with van der Waals surface area (Å²) in [4.78, 5) is 39.5. The van der Waals surface area contributed by atoms with Crippen molar-refractivity contribution >= 4 is 33.1 Å². The number of esters is 1. The second-order valence-electron chi connectivity index (χ2n) is 8.47. The lowest BCUT2D eigenvalue weighted by Crippen LogP contribution is -2.43. The number of nitro benzene ring substituents is 1. The fourth-order valence-electron chi connectivity index (χ4n) is 4.43. The van der Waals surface area contributed by atoms with E-state index in [9.17, 15) is 28.1 Å². The van der Waals surface area contributed by atoms with Crippen LogP contribution < -0.4 is 4.90 Å². The van der Waals surface area contributed by atoms with Gasteiger partial charge >= 0.3 is 5.97 Å². The summed E-state index contributed by atoms with van der Waals surface area (Å²) in [6.45, 7) is 5.00. The number of anilines is 1. The molecule has 2 atom stereocenters. The fraction of sp³-hybridized carbons (Fsp3) is 0.619. The normalized spacial score (nSPS) is 22.4. The third kappa shape index (κ3) is 5.56. The van der Waals surface area contributed by atoms with Crippen LogP contribution in [0.15, 0.2) is 18.2 Å². The Morgan fingerprint density at radius 1 is 1.31 bits per heavy atom. The molecule has 0 bridgehead atoms. The first-order chi connectivity index (χ1) is 15.1. The first-order valence-corrected chi connectivity index (χ1v) is 12.6. The molecular weight excluding hydrogens is 438 g/mol. The van der Waals surface area contributed by atoms with E-state index in [4.69, 9.17) is 4.74 Å². The Kier molecular flexibility index (Phi) is 7.37. The molecule has 2 saturated heterocycles. The third-order valence-electron chi connectivity index (χ3n) is 6.04. The Balaban J connectivity index is 1.67. The number of sulfone groups is 1. The van der Waals surface area contributed by atoms with Crippen molar-refractivity contribution in [1.82, 2.24) is 4.90 Å². The van der Waals surface area contributed by atoms with E-state index in [0.717, 1.165) is 12.8 Å². The van der Waals surface area contributed by atoms with Crippen molar-refractivity contribution in [2.24, 2.45) is 5.92 Å². The molecule has 2 aliphatic rings. The molecule has 32 heavy (non-hydrogen) atoms. The van der Waals surface area contributed by atoms with Crippen LogP contribution in [0.25, 0.3) is 0 Å². The third-order valence-corrected chi connectivity index (χ3v) is 7.79. The molecule has 0 radical (unpaired) electrons. The van der Waals surface area contributed by atoms with Crippen LogP contribution >= 0.6 is 0 Å². The minimum atomic E-state index is -3.16. The molecule has 0 aromatic heterocycles. The maximum Gasteiger partial charge on any atom is 0.338 e. The number of carbonyl (C=O) groups excluding carboxylic acids is 2. The van der Waals surface area contributed by atoms with Gasteiger partial charge in [-0.25, -0.2) is 13.2 Å². The van der Waals surface area contributed by atoms with E-state index in [2.05, 4.69) is 6.92 Å². The number of likely N-dealkylation sites (N-methyl/N-ethyl adjacent to an activating group) is 1. The molecule has 1 amide bonds. The number of hydrogen-bond acceptors (Lipinski definition) is 8. The Labute approximate surface area is 187 Å². The quantitative estimate of drug-likeness (QED) is 0.339. The number of amides is 1. The molecule has 0 N–H and O–H groups in total. The molecule has 11 heteroatoms. The van der Waals surface area contributed by atoms with Gasteiger partial charge in [0.2, 0.25) is 0 Å². The van der Waals surface area contributed by atoms with Gasteiger partial charge in [0.25, 0.3) is 11.6 Å². The molecule has 1 aromatic rings. The number of nitro groups is 1. The second-order valence-corrected chi connectivity index (χ2v) is 10.7. The van der Waals surface area contributed by atoms with Crippen molar-refractivity contribution in [1.29, 1.82) is 0 Å². The molecule has 2 unspecified atom stereocenters. The Morgan fingerprint density at radius 3 is 2.66 bits per heavy atom. The minimum Gasteiger partial charge on any atom is -0.452 e. The monoisotopic (exact) mass is 467 g/mol. The zero-order valence-corrected chi connectivity index (χ0v) is 19.2. The number of ether oxygens (including phenoxy) is 1. The van der Waals surface area contributed by atoms with Crippen molar-refractivity contribution in [2.75, 3.05) is 42.6 Å². The van der Waals surface area contributed by atoms with Crippen molar-refractivity contribution in [3.8, 4) is 0 Å². The van der Waals surface area contributed by atoms with Crippen LogP contribution in [0.4, 0.5) is 11.4 Å². The van der Waals surface area contributed by atoms with Gasteiger partial charge in [-0.05, 0) is 44.2 Å². The average Bonchev–Trinajstić information content (AvgIpc) is 3.11. The van der Waals surface area contributed by atoms with E-state index in [1.165, 1.54) is 17.0 Å². The van der Waals surface area contributed by atoms with Crippen LogP contribution in [0.1, 0.15) is 43.5 Å².